The first kappa shape index (κ1) is 10.3. The molecule has 0 heterocycles. The van der Waals surface area contributed by atoms with Gasteiger partial charge >= 0.3 is 5.97 Å². The molecule has 0 aliphatic heterocycles. The van der Waals surface area contributed by atoms with E-state index in [0.717, 1.165) is 12.8 Å². The molecule has 1 unspecified atom stereocenters. The summed E-state index contributed by atoms with van der Waals surface area (Å²) in [6, 6.07) is 0. The van der Waals surface area contributed by atoms with Gasteiger partial charge in [0.05, 0.1) is 5.92 Å². The van der Waals surface area contributed by atoms with Gasteiger partial charge in [-0.2, -0.15) is 0 Å². The topological polar surface area (TPSA) is 37.3 Å². The lowest BCUT2D eigenvalue weighted by atomic mass is 10.2. The molecule has 1 rings (SSSR count). The number of hydrogen-bond donors (Lipinski definition) is 1. The van der Waals surface area contributed by atoms with Gasteiger partial charge in [-0.1, -0.05) is 31.9 Å². The second-order valence-corrected chi connectivity index (χ2v) is 3.77. The van der Waals surface area contributed by atoms with Gasteiger partial charge in [-0.3, -0.25) is 4.79 Å². The fourth-order valence-corrected chi connectivity index (χ4v) is 1.49. The van der Waals surface area contributed by atoms with Crippen molar-refractivity contribution in [3.8, 4) is 0 Å². The molecule has 2 nitrogen and oxygen atoms in total. The maximum atomic E-state index is 10.5. The largest absolute Gasteiger partial charge is 0.481 e. The van der Waals surface area contributed by atoms with Crippen LogP contribution < -0.4 is 0 Å². The first-order chi connectivity index (χ1) is 6.25. The Morgan fingerprint density at radius 1 is 1.54 bits per heavy atom. The van der Waals surface area contributed by atoms with Crippen molar-refractivity contribution in [3.63, 3.8) is 0 Å². The van der Waals surface area contributed by atoms with Crippen molar-refractivity contribution in [1.82, 2.24) is 0 Å². The third kappa shape index (κ3) is 3.62. The molecule has 0 saturated heterocycles. The van der Waals surface area contributed by atoms with E-state index in [1.807, 2.05) is 0 Å². The lowest BCUT2D eigenvalue weighted by Crippen LogP contribution is -1.97. The molecule has 1 aliphatic carbocycles. The zero-order chi connectivity index (χ0) is 9.68. The summed E-state index contributed by atoms with van der Waals surface area (Å²) in [5, 5.41) is 8.63. The number of hydrogen-bond acceptors (Lipinski definition) is 1. The number of carbonyl (C=O) groups is 1. The normalized spacial score (nSPS) is 26.5. The molecule has 0 bridgehead atoms. The van der Waals surface area contributed by atoms with Crippen molar-refractivity contribution < 1.29 is 9.90 Å². The molecule has 0 amide bonds. The highest BCUT2D eigenvalue weighted by Gasteiger charge is 2.40. The van der Waals surface area contributed by atoms with Crippen LogP contribution in [0.1, 0.15) is 39.0 Å². The van der Waals surface area contributed by atoms with Crippen molar-refractivity contribution >= 4 is 5.97 Å². The summed E-state index contributed by atoms with van der Waals surface area (Å²) >= 11 is 0. The second-order valence-electron chi connectivity index (χ2n) is 3.77. The number of carboxylic acids is 1. The minimum atomic E-state index is -0.636. The Balaban J connectivity index is 2.03. The van der Waals surface area contributed by atoms with Gasteiger partial charge in [0.1, 0.15) is 0 Å². The predicted molar refractivity (Wildman–Crippen MR) is 52.5 cm³/mol. The van der Waals surface area contributed by atoms with Crippen molar-refractivity contribution in [2.45, 2.75) is 39.0 Å². The highest BCUT2D eigenvalue weighted by atomic mass is 16.4. The number of unbranched alkanes of at least 4 members (excludes halogenated alkanes) is 3. The van der Waals surface area contributed by atoms with E-state index in [0.29, 0.717) is 5.92 Å². The van der Waals surface area contributed by atoms with Gasteiger partial charge in [-0.05, 0) is 25.2 Å². The van der Waals surface area contributed by atoms with E-state index in [4.69, 9.17) is 5.11 Å². The number of carboxylic acid groups (broad SMARTS) is 1. The summed E-state index contributed by atoms with van der Waals surface area (Å²) in [7, 11) is 0. The Bertz CT molecular complexity index is 196. The quantitative estimate of drug-likeness (QED) is 0.506. The third-order valence-corrected chi connectivity index (χ3v) is 2.51. The molecule has 2 atom stereocenters. The van der Waals surface area contributed by atoms with E-state index >= 15 is 0 Å². The van der Waals surface area contributed by atoms with Gasteiger partial charge in [0, 0.05) is 0 Å². The van der Waals surface area contributed by atoms with Crippen molar-refractivity contribution in [3.05, 3.63) is 12.2 Å². The highest BCUT2D eigenvalue weighted by molar-refractivity contribution is 5.73. The van der Waals surface area contributed by atoms with Crippen molar-refractivity contribution in [1.29, 1.82) is 0 Å². The first-order valence-corrected chi connectivity index (χ1v) is 5.15. The summed E-state index contributed by atoms with van der Waals surface area (Å²) < 4.78 is 0. The minimum Gasteiger partial charge on any atom is -0.481 e. The van der Waals surface area contributed by atoms with E-state index in [1.165, 1.54) is 19.3 Å². The SMILES string of the molecule is CCCCC/C=C\C1C[C@@H]1C(=O)O. The molecule has 1 saturated carbocycles. The van der Waals surface area contributed by atoms with Crippen molar-refractivity contribution in [2.75, 3.05) is 0 Å². The van der Waals surface area contributed by atoms with Crippen LogP contribution in [0.4, 0.5) is 0 Å². The van der Waals surface area contributed by atoms with E-state index < -0.39 is 5.97 Å². The van der Waals surface area contributed by atoms with E-state index in [-0.39, 0.29) is 5.92 Å². The fraction of sp³-hybridized carbons (Fsp3) is 0.727. The summed E-state index contributed by atoms with van der Waals surface area (Å²) in [5.74, 6) is -0.384. The molecule has 1 N–H and O–H groups in total. The average Bonchev–Trinajstić information content (AvgIpc) is 2.83. The monoisotopic (exact) mass is 182 g/mol. The van der Waals surface area contributed by atoms with Crippen LogP contribution >= 0.6 is 0 Å². The number of rotatable bonds is 6. The van der Waals surface area contributed by atoms with Crippen LogP contribution in [0.5, 0.6) is 0 Å². The summed E-state index contributed by atoms with van der Waals surface area (Å²) in [6.07, 6.45) is 9.93. The Hall–Kier alpha value is -0.790. The Labute approximate surface area is 79.6 Å². The van der Waals surface area contributed by atoms with Crippen molar-refractivity contribution in [2.24, 2.45) is 11.8 Å². The van der Waals surface area contributed by atoms with Crippen LogP contribution in [0.25, 0.3) is 0 Å². The Morgan fingerprint density at radius 2 is 2.31 bits per heavy atom. The van der Waals surface area contributed by atoms with Crippen LogP contribution in [0, 0.1) is 11.8 Å². The van der Waals surface area contributed by atoms with E-state index in [1.54, 1.807) is 0 Å². The standard InChI is InChI=1S/C11H18O2/c1-2-3-4-5-6-7-9-8-10(9)11(12)13/h6-7,9-10H,2-5,8H2,1H3,(H,12,13)/b7-6-/t9?,10-/m0/s1. The molecule has 2 heteroatoms. The smallest absolute Gasteiger partial charge is 0.307 e. The second kappa shape index (κ2) is 5.05. The Morgan fingerprint density at radius 3 is 2.85 bits per heavy atom. The molecule has 0 aromatic rings. The molecule has 0 aromatic heterocycles. The Kier molecular flexibility index (Phi) is 4.00. The first-order valence-electron chi connectivity index (χ1n) is 5.15. The summed E-state index contributed by atoms with van der Waals surface area (Å²) in [5.41, 5.74) is 0. The van der Waals surface area contributed by atoms with Gasteiger partial charge in [-0.25, -0.2) is 0 Å². The number of aliphatic carboxylic acids is 1. The van der Waals surface area contributed by atoms with Gasteiger partial charge < -0.3 is 5.11 Å². The van der Waals surface area contributed by atoms with Gasteiger partial charge in [0.2, 0.25) is 0 Å². The molecule has 1 fully saturated rings. The molecule has 0 spiro atoms. The fourth-order valence-electron chi connectivity index (χ4n) is 1.49. The van der Waals surface area contributed by atoms with Gasteiger partial charge in [0.25, 0.3) is 0 Å². The molecule has 13 heavy (non-hydrogen) atoms. The number of allylic oxidation sites excluding steroid dienone is 2. The van der Waals surface area contributed by atoms with E-state index in [2.05, 4.69) is 19.1 Å². The molecule has 74 valence electrons. The van der Waals surface area contributed by atoms with Crippen LogP contribution in [-0.4, -0.2) is 11.1 Å². The highest BCUT2D eigenvalue weighted by Crippen LogP contribution is 2.39. The molecular formula is C11H18O2. The molecular weight excluding hydrogens is 164 g/mol. The zero-order valence-corrected chi connectivity index (χ0v) is 8.20. The van der Waals surface area contributed by atoms with Crippen LogP contribution in [-0.2, 0) is 4.79 Å². The minimum absolute atomic E-state index is 0.0811. The molecule has 0 radical (unpaired) electrons. The summed E-state index contributed by atoms with van der Waals surface area (Å²) in [6.45, 7) is 2.19. The lowest BCUT2D eigenvalue weighted by molar-refractivity contribution is -0.138. The molecule has 1 aliphatic rings. The average molecular weight is 182 g/mol. The summed E-state index contributed by atoms with van der Waals surface area (Å²) in [4.78, 5) is 10.5. The lowest BCUT2D eigenvalue weighted by Gasteiger charge is -1.91. The maximum absolute atomic E-state index is 10.5. The van der Waals surface area contributed by atoms with Crippen LogP contribution in [0.2, 0.25) is 0 Å². The maximum Gasteiger partial charge on any atom is 0.307 e. The van der Waals surface area contributed by atoms with E-state index in [9.17, 15) is 4.79 Å². The third-order valence-electron chi connectivity index (χ3n) is 2.51. The molecule has 0 aromatic carbocycles. The predicted octanol–water partition coefficient (Wildman–Crippen LogP) is 2.84. The van der Waals surface area contributed by atoms with Crippen LogP contribution in [0.15, 0.2) is 12.2 Å². The van der Waals surface area contributed by atoms with Crippen LogP contribution in [0.3, 0.4) is 0 Å². The zero-order valence-electron chi connectivity index (χ0n) is 8.20. The van der Waals surface area contributed by atoms with Gasteiger partial charge in [0.15, 0.2) is 0 Å². The van der Waals surface area contributed by atoms with Gasteiger partial charge in [-0.15, -0.1) is 0 Å².